The number of ketones is 1. The number of thioether (sulfide) groups is 2. The number of ether oxygens (including phenoxy) is 1. The molecule has 1 fully saturated rings. The normalized spacial score (nSPS) is 20.7. The van der Waals surface area contributed by atoms with Gasteiger partial charge in [-0.25, -0.2) is 19.7 Å². The second kappa shape index (κ2) is 8.01. The Morgan fingerprint density at radius 2 is 1.64 bits per heavy atom. The summed E-state index contributed by atoms with van der Waals surface area (Å²) in [5.41, 5.74) is 2.16. The molecular weight excluding hydrogens is 478 g/mol. The number of imidazole rings is 2. The van der Waals surface area contributed by atoms with Crippen molar-refractivity contribution in [2.75, 3.05) is 5.75 Å². The highest BCUT2D eigenvalue weighted by Crippen LogP contribution is 2.47. The molecule has 164 valence electrons. The lowest BCUT2D eigenvalue weighted by molar-refractivity contribution is -0.152. The molecule has 1 aliphatic rings. The fourth-order valence-electron chi connectivity index (χ4n) is 3.76. The monoisotopic (exact) mass is 493 g/mol. The third-order valence-electron chi connectivity index (χ3n) is 5.32. The number of H-pyrrole nitrogens is 2. The van der Waals surface area contributed by atoms with Crippen LogP contribution < -0.4 is 0 Å². The van der Waals surface area contributed by atoms with Crippen LogP contribution in [0.15, 0.2) is 70.4 Å². The smallest absolute Gasteiger partial charge is 0.377 e. The summed E-state index contributed by atoms with van der Waals surface area (Å²) in [7, 11) is 0. The van der Waals surface area contributed by atoms with E-state index in [9.17, 15) is 9.59 Å². The number of aromatic amines is 2. The van der Waals surface area contributed by atoms with Crippen LogP contribution in [0.5, 0.6) is 0 Å². The van der Waals surface area contributed by atoms with Gasteiger partial charge in [-0.3, -0.25) is 4.79 Å². The summed E-state index contributed by atoms with van der Waals surface area (Å²) in [5, 5.41) is 2.76. The lowest BCUT2D eigenvalue weighted by atomic mass is 10.0. The fourth-order valence-corrected chi connectivity index (χ4v) is 7.08. The van der Waals surface area contributed by atoms with E-state index in [-0.39, 0.29) is 5.75 Å². The first-order chi connectivity index (χ1) is 16.1. The number of carbonyl (C=O) groups is 2. The number of hydrogen-bond donors (Lipinski definition) is 2. The molecule has 33 heavy (non-hydrogen) atoms. The second-order valence-corrected chi connectivity index (χ2v) is 10.3. The molecule has 0 radical (unpaired) electrons. The molecule has 11 heteroatoms. The number of hydrogen-bond acceptors (Lipinski definition) is 9. The summed E-state index contributed by atoms with van der Waals surface area (Å²) in [6, 6.07) is 15.3. The number of nitrogens with one attached hydrogen (secondary N) is 2. The molecule has 1 aliphatic heterocycles. The first-order valence-electron chi connectivity index (χ1n) is 9.98. The zero-order valence-electron chi connectivity index (χ0n) is 16.8. The summed E-state index contributed by atoms with van der Waals surface area (Å²) in [6.07, 6.45) is 1.65. The van der Waals surface area contributed by atoms with Crippen LogP contribution in [0.3, 0.4) is 0 Å². The zero-order valence-corrected chi connectivity index (χ0v) is 19.3. The van der Waals surface area contributed by atoms with E-state index in [1.807, 2.05) is 53.9 Å². The minimum absolute atomic E-state index is 0.274. The third-order valence-corrected chi connectivity index (χ3v) is 8.54. The van der Waals surface area contributed by atoms with Gasteiger partial charge in [0.15, 0.2) is 15.9 Å². The summed E-state index contributed by atoms with van der Waals surface area (Å²) in [4.78, 5) is 45.6. The largest absolute Gasteiger partial charge is 0.443 e. The molecule has 0 bridgehead atoms. The minimum atomic E-state index is -1.24. The second-order valence-electron chi connectivity index (χ2n) is 7.39. The molecule has 8 nitrogen and oxygen atoms in total. The number of rotatable bonds is 6. The highest BCUT2D eigenvalue weighted by atomic mass is 32.2. The lowest BCUT2D eigenvalue weighted by Gasteiger charge is -2.28. The van der Waals surface area contributed by atoms with Crippen LogP contribution in [-0.4, -0.2) is 47.7 Å². The van der Waals surface area contributed by atoms with E-state index in [0.29, 0.717) is 15.3 Å². The highest BCUT2D eigenvalue weighted by molar-refractivity contribution is 8.01. The van der Waals surface area contributed by atoms with Gasteiger partial charge in [0.2, 0.25) is 0 Å². The highest BCUT2D eigenvalue weighted by Gasteiger charge is 2.59. The van der Waals surface area contributed by atoms with Crippen molar-refractivity contribution in [2.24, 2.45) is 0 Å². The summed E-state index contributed by atoms with van der Waals surface area (Å²) in [6.45, 7) is 0. The SMILES string of the molecule is O=C1OC(CSc2nc3ccccc3[nH]2)(c2nccs2)C(Sc2nc3ccccc3[nH]2)C1=O. The Kier molecular flexibility index (Phi) is 4.97. The van der Waals surface area contributed by atoms with Crippen LogP contribution in [0.2, 0.25) is 0 Å². The average Bonchev–Trinajstić information content (AvgIpc) is 3.60. The van der Waals surface area contributed by atoms with Crippen LogP contribution in [-0.2, 0) is 19.9 Å². The number of cyclic esters (lactones) is 1. The number of nitrogens with zero attached hydrogens (tertiary/aromatic N) is 3. The molecule has 2 atom stereocenters. The average molecular weight is 494 g/mol. The molecule has 5 aromatic rings. The first kappa shape index (κ1) is 20.5. The van der Waals surface area contributed by atoms with Gasteiger partial charge in [-0.2, -0.15) is 0 Å². The van der Waals surface area contributed by atoms with Crippen LogP contribution in [0, 0.1) is 0 Å². The number of para-hydroxylation sites is 4. The van der Waals surface area contributed by atoms with Crippen molar-refractivity contribution < 1.29 is 14.3 Å². The van der Waals surface area contributed by atoms with Gasteiger partial charge in [-0.05, 0) is 24.3 Å². The summed E-state index contributed by atoms with van der Waals surface area (Å²) >= 11 is 3.94. The van der Waals surface area contributed by atoms with Gasteiger partial charge >= 0.3 is 5.97 Å². The number of benzene rings is 2. The van der Waals surface area contributed by atoms with E-state index in [4.69, 9.17) is 4.74 Å². The third kappa shape index (κ3) is 3.52. The molecule has 2 N–H and O–H groups in total. The number of aromatic nitrogens is 5. The Bertz CT molecular complexity index is 1430. The molecule has 6 rings (SSSR count). The molecule has 0 saturated carbocycles. The van der Waals surface area contributed by atoms with Gasteiger partial charge in [0.1, 0.15) is 10.3 Å². The lowest BCUT2D eigenvalue weighted by Crippen LogP contribution is -2.39. The summed E-state index contributed by atoms with van der Waals surface area (Å²) < 4.78 is 5.79. The molecule has 0 spiro atoms. The standard InChI is InChI=1S/C22H15N5O3S3/c28-16-17(33-21-26-14-7-3-4-8-15(14)27-21)22(30-18(16)29,19-23-9-10-31-19)11-32-20-24-12-5-1-2-6-13(12)25-20/h1-10,17H,11H2,(H,24,25)(H,26,27). The molecule has 0 aliphatic carbocycles. The van der Waals surface area contributed by atoms with Crippen molar-refractivity contribution in [3.05, 3.63) is 65.1 Å². The van der Waals surface area contributed by atoms with Gasteiger partial charge in [0.05, 0.1) is 22.1 Å². The van der Waals surface area contributed by atoms with E-state index in [1.54, 1.807) is 6.20 Å². The van der Waals surface area contributed by atoms with Crippen molar-refractivity contribution in [3.8, 4) is 0 Å². The summed E-state index contributed by atoms with van der Waals surface area (Å²) in [5.74, 6) is -1.18. The topological polar surface area (TPSA) is 114 Å². The Labute approximate surface area is 199 Å². The maximum absolute atomic E-state index is 13.0. The van der Waals surface area contributed by atoms with Crippen LogP contribution in [0.25, 0.3) is 22.1 Å². The number of carbonyl (C=O) groups excluding carboxylic acids is 2. The van der Waals surface area contributed by atoms with E-state index >= 15 is 0 Å². The maximum Gasteiger partial charge on any atom is 0.377 e. The van der Waals surface area contributed by atoms with E-state index in [0.717, 1.165) is 22.1 Å². The molecular formula is C22H15N5O3S3. The van der Waals surface area contributed by atoms with Crippen molar-refractivity contribution in [1.82, 2.24) is 24.9 Å². The van der Waals surface area contributed by atoms with Gasteiger partial charge in [-0.1, -0.05) is 47.8 Å². The van der Waals surface area contributed by atoms with Gasteiger partial charge in [0, 0.05) is 17.3 Å². The Morgan fingerprint density at radius 3 is 2.30 bits per heavy atom. The Morgan fingerprint density at radius 1 is 0.970 bits per heavy atom. The molecule has 1 saturated heterocycles. The molecule has 2 unspecified atom stereocenters. The molecule has 2 aromatic carbocycles. The van der Waals surface area contributed by atoms with Gasteiger partial charge in [0.25, 0.3) is 5.78 Å². The quantitative estimate of drug-likeness (QED) is 0.206. The number of Topliss-reactive ketones (excluding diaryl/α,β-unsaturated/α-hetero) is 1. The van der Waals surface area contributed by atoms with Crippen LogP contribution in [0.4, 0.5) is 0 Å². The maximum atomic E-state index is 13.0. The van der Waals surface area contributed by atoms with Gasteiger partial charge in [-0.15, -0.1) is 11.3 Å². The Hall–Kier alpha value is -3.15. The number of thiazole rings is 1. The van der Waals surface area contributed by atoms with Gasteiger partial charge < -0.3 is 14.7 Å². The minimum Gasteiger partial charge on any atom is -0.443 e. The van der Waals surface area contributed by atoms with E-state index in [1.165, 1.54) is 34.9 Å². The van der Waals surface area contributed by atoms with Crippen molar-refractivity contribution in [3.63, 3.8) is 0 Å². The van der Waals surface area contributed by atoms with Crippen molar-refractivity contribution in [2.45, 2.75) is 21.2 Å². The van der Waals surface area contributed by atoms with Crippen LogP contribution >= 0.6 is 34.9 Å². The van der Waals surface area contributed by atoms with Crippen molar-refractivity contribution in [1.29, 1.82) is 0 Å². The molecule has 4 heterocycles. The van der Waals surface area contributed by atoms with E-state index < -0.39 is 22.6 Å². The van der Waals surface area contributed by atoms with E-state index in [2.05, 4.69) is 24.9 Å². The predicted octanol–water partition coefficient (Wildman–Crippen LogP) is 4.17. The van der Waals surface area contributed by atoms with Crippen molar-refractivity contribution >= 4 is 68.7 Å². The first-order valence-corrected chi connectivity index (χ1v) is 12.7. The molecule has 3 aromatic heterocycles. The number of esters is 1. The Balaban J connectivity index is 1.37. The zero-order chi connectivity index (χ0) is 22.4. The molecule has 0 amide bonds. The number of fused-ring (bicyclic) bond motifs is 2. The predicted molar refractivity (Wildman–Crippen MR) is 127 cm³/mol. The van der Waals surface area contributed by atoms with Crippen LogP contribution in [0.1, 0.15) is 5.01 Å². The fraction of sp³-hybridized carbons (Fsp3) is 0.136.